The van der Waals surface area contributed by atoms with Crippen LogP contribution in [0.4, 0.5) is 19.0 Å². The molecule has 0 bridgehead atoms. The molecular formula is C22H16F3N7O. The summed E-state index contributed by atoms with van der Waals surface area (Å²) in [7, 11) is 0. The molecule has 5 rings (SSSR count). The molecule has 0 fully saturated rings. The molecule has 0 aliphatic heterocycles. The molecule has 0 amide bonds. The van der Waals surface area contributed by atoms with E-state index in [2.05, 4.69) is 30.2 Å². The molecule has 0 unspecified atom stereocenters. The fourth-order valence-electron chi connectivity index (χ4n) is 3.69. The van der Waals surface area contributed by atoms with E-state index in [4.69, 9.17) is 0 Å². The Labute approximate surface area is 184 Å². The third-order valence-electron chi connectivity index (χ3n) is 5.28. The smallest absolute Gasteiger partial charge is 0.266 e. The fourth-order valence-corrected chi connectivity index (χ4v) is 3.69. The first-order valence-corrected chi connectivity index (χ1v) is 10.0. The largest absolute Gasteiger partial charge is 0.358 e. The summed E-state index contributed by atoms with van der Waals surface area (Å²) in [6.45, 7) is 1.83. The van der Waals surface area contributed by atoms with Gasteiger partial charge in [0.1, 0.15) is 23.5 Å². The van der Waals surface area contributed by atoms with Crippen LogP contribution in [0.15, 0.2) is 53.8 Å². The van der Waals surface area contributed by atoms with Gasteiger partial charge in [-0.2, -0.15) is 0 Å². The van der Waals surface area contributed by atoms with Crippen LogP contribution >= 0.6 is 0 Å². The molecule has 2 N–H and O–H groups in total. The van der Waals surface area contributed by atoms with Crippen molar-refractivity contribution in [3.63, 3.8) is 0 Å². The van der Waals surface area contributed by atoms with Crippen LogP contribution in [0.2, 0.25) is 0 Å². The number of anilines is 1. The van der Waals surface area contributed by atoms with Crippen molar-refractivity contribution in [1.29, 1.82) is 0 Å². The summed E-state index contributed by atoms with van der Waals surface area (Å²) < 4.78 is 43.7. The third-order valence-corrected chi connectivity index (χ3v) is 5.28. The minimum atomic E-state index is -1.22. The van der Waals surface area contributed by atoms with Gasteiger partial charge >= 0.3 is 0 Å². The predicted octanol–water partition coefficient (Wildman–Crippen LogP) is 4.03. The van der Waals surface area contributed by atoms with E-state index in [-0.39, 0.29) is 22.4 Å². The second-order valence-electron chi connectivity index (χ2n) is 7.27. The molecule has 0 saturated carbocycles. The first-order valence-electron chi connectivity index (χ1n) is 10.0. The van der Waals surface area contributed by atoms with Gasteiger partial charge in [-0.3, -0.25) is 9.36 Å². The van der Waals surface area contributed by atoms with E-state index in [1.54, 1.807) is 0 Å². The Kier molecular flexibility index (Phi) is 5.00. The second kappa shape index (κ2) is 8.01. The van der Waals surface area contributed by atoms with Gasteiger partial charge in [-0.1, -0.05) is 13.0 Å². The van der Waals surface area contributed by atoms with Crippen molar-refractivity contribution in [2.45, 2.75) is 19.4 Å². The molecule has 166 valence electrons. The molecule has 0 spiro atoms. The molecule has 33 heavy (non-hydrogen) atoms. The lowest BCUT2D eigenvalue weighted by Crippen LogP contribution is -2.29. The van der Waals surface area contributed by atoms with Gasteiger partial charge in [0.05, 0.1) is 29.0 Å². The molecule has 0 aliphatic carbocycles. The highest BCUT2D eigenvalue weighted by molar-refractivity contribution is 5.82. The van der Waals surface area contributed by atoms with Crippen LogP contribution in [-0.4, -0.2) is 29.5 Å². The van der Waals surface area contributed by atoms with Gasteiger partial charge in [-0.25, -0.2) is 33.1 Å². The Morgan fingerprint density at radius 1 is 1.12 bits per heavy atom. The van der Waals surface area contributed by atoms with Crippen LogP contribution < -0.4 is 10.9 Å². The molecule has 3 aromatic heterocycles. The number of hydrogen-bond donors (Lipinski definition) is 2. The monoisotopic (exact) mass is 451 g/mol. The Morgan fingerprint density at radius 3 is 2.79 bits per heavy atom. The number of aromatic amines is 1. The fraction of sp³-hybridized carbons (Fsp3) is 0.136. The maximum Gasteiger partial charge on any atom is 0.266 e. The van der Waals surface area contributed by atoms with Gasteiger partial charge < -0.3 is 10.3 Å². The summed E-state index contributed by atoms with van der Waals surface area (Å²) in [4.78, 5) is 33.3. The Balaban J connectivity index is 1.76. The lowest BCUT2D eigenvalue weighted by atomic mass is 10.1. The standard InChI is InChI=1S/C22H16F3N7O/c1-2-14(30-20-18-19(27-9-26-18)28-10-29-20)21-31-15-7-6-11(23)8-12(15)22(33)32(21)16-5-3-4-13(24)17(16)25/h3-10,14H,2H2,1H3,(H2,26,27,28,29,30)/t14-/m1/s1. The molecule has 8 nitrogen and oxygen atoms in total. The molecule has 2 aromatic carbocycles. The lowest BCUT2D eigenvalue weighted by Gasteiger charge is -2.22. The van der Waals surface area contributed by atoms with E-state index in [9.17, 15) is 18.0 Å². The van der Waals surface area contributed by atoms with Gasteiger partial charge in [0.2, 0.25) is 0 Å². The molecule has 5 aromatic rings. The number of rotatable bonds is 5. The average Bonchev–Trinajstić information content (AvgIpc) is 3.30. The van der Waals surface area contributed by atoms with Gasteiger partial charge in [-0.15, -0.1) is 0 Å². The zero-order valence-corrected chi connectivity index (χ0v) is 17.2. The van der Waals surface area contributed by atoms with Crippen LogP contribution in [0.1, 0.15) is 25.2 Å². The minimum Gasteiger partial charge on any atom is -0.358 e. The average molecular weight is 451 g/mol. The summed E-state index contributed by atoms with van der Waals surface area (Å²) in [6.07, 6.45) is 3.20. The Hall–Kier alpha value is -4.28. The Morgan fingerprint density at radius 2 is 1.97 bits per heavy atom. The van der Waals surface area contributed by atoms with Crippen molar-refractivity contribution in [2.75, 3.05) is 5.32 Å². The molecule has 1 atom stereocenters. The molecule has 11 heteroatoms. The van der Waals surface area contributed by atoms with Crippen molar-refractivity contribution in [3.05, 3.63) is 82.7 Å². The molecule has 3 heterocycles. The summed E-state index contributed by atoms with van der Waals surface area (Å²) in [5, 5.41) is 3.11. The van der Waals surface area contributed by atoms with Crippen molar-refractivity contribution in [3.8, 4) is 5.69 Å². The molecule has 0 aliphatic rings. The zero-order valence-electron chi connectivity index (χ0n) is 17.2. The number of nitrogens with one attached hydrogen (secondary N) is 2. The van der Waals surface area contributed by atoms with Gasteiger partial charge in [0.15, 0.2) is 23.1 Å². The number of H-pyrrole nitrogens is 1. The zero-order chi connectivity index (χ0) is 23.1. The van der Waals surface area contributed by atoms with Crippen LogP contribution in [0.25, 0.3) is 27.8 Å². The number of nitrogens with zero attached hydrogens (tertiary/aromatic N) is 5. The van der Waals surface area contributed by atoms with Crippen molar-refractivity contribution in [1.82, 2.24) is 29.5 Å². The number of fused-ring (bicyclic) bond motifs is 2. The molecule has 0 radical (unpaired) electrons. The summed E-state index contributed by atoms with van der Waals surface area (Å²) in [5.41, 5.74) is 0.119. The van der Waals surface area contributed by atoms with Gasteiger partial charge in [0, 0.05) is 0 Å². The number of imidazole rings is 1. The lowest BCUT2D eigenvalue weighted by molar-refractivity contribution is 0.500. The number of hydrogen-bond acceptors (Lipinski definition) is 6. The van der Waals surface area contributed by atoms with Crippen LogP contribution in [-0.2, 0) is 0 Å². The van der Waals surface area contributed by atoms with Crippen molar-refractivity contribution in [2.24, 2.45) is 0 Å². The summed E-state index contributed by atoms with van der Waals surface area (Å²) in [6, 6.07) is 6.40. The summed E-state index contributed by atoms with van der Waals surface area (Å²) in [5.74, 6) is -2.52. The van der Waals surface area contributed by atoms with E-state index in [1.807, 2.05) is 6.92 Å². The van der Waals surface area contributed by atoms with Crippen LogP contribution in [0, 0.1) is 17.5 Å². The number of halogens is 3. The third kappa shape index (κ3) is 3.47. The van der Waals surface area contributed by atoms with Crippen molar-refractivity contribution < 1.29 is 13.2 Å². The van der Waals surface area contributed by atoms with E-state index < -0.39 is 29.1 Å². The van der Waals surface area contributed by atoms with E-state index >= 15 is 0 Å². The van der Waals surface area contributed by atoms with E-state index in [0.717, 1.165) is 16.7 Å². The quantitative estimate of drug-likeness (QED) is 0.418. The Bertz CT molecular complexity index is 1560. The second-order valence-corrected chi connectivity index (χ2v) is 7.27. The maximum atomic E-state index is 14.8. The molecular weight excluding hydrogens is 435 g/mol. The highest BCUT2D eigenvalue weighted by atomic mass is 19.2. The van der Waals surface area contributed by atoms with Crippen LogP contribution in [0.3, 0.4) is 0 Å². The predicted molar refractivity (Wildman–Crippen MR) is 116 cm³/mol. The molecule has 0 saturated heterocycles. The first kappa shape index (κ1) is 20.6. The first-order chi connectivity index (χ1) is 16.0. The van der Waals surface area contributed by atoms with Crippen molar-refractivity contribution >= 4 is 27.9 Å². The minimum absolute atomic E-state index is 0.0611. The van der Waals surface area contributed by atoms with Crippen LogP contribution in [0.5, 0.6) is 0 Å². The highest BCUT2D eigenvalue weighted by Gasteiger charge is 2.24. The normalized spacial score (nSPS) is 12.4. The SMILES string of the molecule is CC[C@@H](Nc1ncnc2[nH]cnc12)c1nc2ccc(F)cc2c(=O)n1-c1cccc(F)c1F. The summed E-state index contributed by atoms with van der Waals surface area (Å²) >= 11 is 0. The van der Waals surface area contributed by atoms with Gasteiger partial charge in [0.25, 0.3) is 5.56 Å². The van der Waals surface area contributed by atoms with Gasteiger partial charge in [-0.05, 0) is 36.8 Å². The van der Waals surface area contributed by atoms with E-state index in [0.29, 0.717) is 23.4 Å². The topological polar surface area (TPSA) is 101 Å². The van der Waals surface area contributed by atoms with E-state index in [1.165, 1.54) is 36.9 Å². The highest BCUT2D eigenvalue weighted by Crippen LogP contribution is 2.27. The number of benzene rings is 2. The number of aromatic nitrogens is 6. The maximum absolute atomic E-state index is 14.8.